The fourth-order valence-corrected chi connectivity index (χ4v) is 1.13. The summed E-state index contributed by atoms with van der Waals surface area (Å²) in [7, 11) is 9.46. The molecule has 3 N–H and O–H groups in total. The minimum Gasteiger partial charge on any atom is -0.870 e. The van der Waals surface area contributed by atoms with Crippen molar-refractivity contribution in [3.8, 4) is 0 Å². The molecule has 1 aromatic rings. The van der Waals surface area contributed by atoms with Crippen LogP contribution in [0.1, 0.15) is 10.4 Å². The quantitative estimate of drug-likeness (QED) is 0.707. The molecule has 0 saturated carbocycles. The van der Waals surface area contributed by atoms with Crippen molar-refractivity contribution in [2.45, 2.75) is 0 Å². The van der Waals surface area contributed by atoms with Crippen molar-refractivity contribution in [1.29, 1.82) is 0 Å². The van der Waals surface area contributed by atoms with Crippen molar-refractivity contribution < 1.29 is 15.7 Å². The van der Waals surface area contributed by atoms with Crippen molar-refractivity contribution in [3.05, 3.63) is 29.8 Å². The Balaban J connectivity index is 0. The summed E-state index contributed by atoms with van der Waals surface area (Å²) in [6, 6.07) is 6.89. The fraction of sp³-hybridized carbons (Fsp3) is 0.364. The van der Waals surface area contributed by atoms with E-state index in [-0.39, 0.29) is 16.9 Å². The molecule has 0 aliphatic rings. The van der Waals surface area contributed by atoms with Crippen molar-refractivity contribution >= 4 is 19.2 Å². The van der Waals surface area contributed by atoms with Gasteiger partial charge in [-0.3, -0.25) is 0 Å². The van der Waals surface area contributed by atoms with Gasteiger partial charge in [0.2, 0.25) is 0 Å². The number of carbonyl (C=O) groups excluding carboxylic acids is 1. The van der Waals surface area contributed by atoms with Gasteiger partial charge in [-0.25, -0.2) is 0 Å². The van der Waals surface area contributed by atoms with Crippen LogP contribution in [0.25, 0.3) is 0 Å². The fourth-order valence-electron chi connectivity index (χ4n) is 1.13. The smallest absolute Gasteiger partial charge is 0.870 e. The normalized spacial score (nSPS) is 9.24. The first-order chi connectivity index (χ1) is 7.09. The predicted molar refractivity (Wildman–Crippen MR) is 66.6 cm³/mol. The van der Waals surface area contributed by atoms with Crippen LogP contribution < -0.4 is 10.8 Å². The number of likely N-dealkylation sites (N-methyl/N-ethyl adjacent to an activating group) is 1. The van der Waals surface area contributed by atoms with Gasteiger partial charge in [0, 0.05) is 0 Å². The van der Waals surface area contributed by atoms with Gasteiger partial charge in [-0.1, -0.05) is 0 Å². The molecule has 1 aromatic carbocycles. The first kappa shape index (κ1) is 18.0. The number of hydrogen-bond donors (Lipinski definition) is 1. The summed E-state index contributed by atoms with van der Waals surface area (Å²) in [5, 5.41) is 2.83. The molecular formula is C11H17BN2O3. The van der Waals surface area contributed by atoms with Gasteiger partial charge in [-0.2, -0.15) is 0 Å². The summed E-state index contributed by atoms with van der Waals surface area (Å²) < 4.78 is 0. The largest absolute Gasteiger partial charge is 0.870 e. The first-order valence-electron chi connectivity index (χ1n) is 4.88. The van der Waals surface area contributed by atoms with Crippen molar-refractivity contribution in [3.63, 3.8) is 0 Å². The van der Waals surface area contributed by atoms with Crippen LogP contribution in [-0.2, 0) is 0 Å². The Kier molecular flexibility index (Phi) is 9.27. The molecule has 6 heteroatoms. The van der Waals surface area contributed by atoms with Crippen LogP contribution in [0.5, 0.6) is 0 Å². The number of hydrogen-bond acceptors (Lipinski definition) is 4. The third kappa shape index (κ3) is 6.73. The molecule has 0 bridgehead atoms. The standard InChI is InChI=1S/C11H15BN2O.2H2O/c1-14(2)8-7-13-11(15)9-3-5-10(12)6-4-9;;/h3-6H,7-8H2,1-2H3,(H,13,15);2*1H2/q+2;;/p-2. The summed E-state index contributed by atoms with van der Waals surface area (Å²) in [6.45, 7) is 1.48. The van der Waals surface area contributed by atoms with Gasteiger partial charge >= 0.3 is 91.2 Å². The maximum Gasteiger partial charge on any atom is -0.870 e. The molecule has 1 amide bonds. The zero-order valence-corrected chi connectivity index (χ0v) is 10.1. The van der Waals surface area contributed by atoms with Crippen LogP contribution in [0, 0.1) is 0 Å². The molecule has 0 aliphatic heterocycles. The molecule has 0 aromatic heterocycles. The predicted octanol–water partition coefficient (Wildman–Crippen LogP) is -0.582. The van der Waals surface area contributed by atoms with E-state index in [1.165, 1.54) is 0 Å². The van der Waals surface area contributed by atoms with E-state index < -0.39 is 0 Å². The van der Waals surface area contributed by atoms with E-state index in [1.54, 1.807) is 24.3 Å². The third-order valence-electron chi connectivity index (χ3n) is 2.02. The van der Waals surface area contributed by atoms with E-state index in [2.05, 4.69) is 5.32 Å². The topological polar surface area (TPSA) is 92.3 Å². The van der Waals surface area contributed by atoms with E-state index in [4.69, 9.17) is 7.85 Å². The second kappa shape index (κ2) is 8.75. The Bertz CT molecular complexity index is 328. The van der Waals surface area contributed by atoms with Gasteiger partial charge in [0.05, 0.1) is 0 Å². The Labute approximate surface area is 103 Å². The molecular weight excluding hydrogens is 219 g/mol. The number of nitrogens with one attached hydrogen (secondary N) is 1. The van der Waals surface area contributed by atoms with Gasteiger partial charge in [0.15, 0.2) is 0 Å². The molecule has 1 rings (SSSR count). The van der Waals surface area contributed by atoms with Gasteiger partial charge in [0.1, 0.15) is 0 Å². The molecule has 0 atom stereocenters. The number of rotatable bonds is 4. The molecule has 0 heterocycles. The monoisotopic (exact) mass is 236 g/mol. The summed E-state index contributed by atoms with van der Waals surface area (Å²) in [5.74, 6) is -0.0585. The molecule has 0 aliphatic carbocycles. The Morgan fingerprint density at radius 2 is 1.76 bits per heavy atom. The number of carbonyl (C=O) groups is 1. The van der Waals surface area contributed by atoms with Crippen LogP contribution in [0.15, 0.2) is 24.3 Å². The first-order valence-corrected chi connectivity index (χ1v) is 4.88. The number of benzene rings is 1. The van der Waals surface area contributed by atoms with Crippen LogP contribution in [0.4, 0.5) is 0 Å². The van der Waals surface area contributed by atoms with Gasteiger partial charge in [-0.05, 0) is 0 Å². The number of nitrogens with zero attached hydrogens (tertiary/aromatic N) is 1. The van der Waals surface area contributed by atoms with Gasteiger partial charge in [-0.15, -0.1) is 0 Å². The van der Waals surface area contributed by atoms with Crippen LogP contribution in [0.3, 0.4) is 0 Å². The molecule has 0 radical (unpaired) electrons. The summed E-state index contributed by atoms with van der Waals surface area (Å²) in [5.41, 5.74) is 1.31. The average molecular weight is 236 g/mol. The average Bonchev–Trinajstić information content (AvgIpc) is 2.18. The van der Waals surface area contributed by atoms with E-state index in [0.29, 0.717) is 17.6 Å². The number of amides is 1. The molecule has 0 fully saturated rings. The maximum atomic E-state index is 11.6. The molecule has 17 heavy (non-hydrogen) atoms. The van der Waals surface area contributed by atoms with Crippen LogP contribution >= 0.6 is 0 Å². The minimum atomic E-state index is -0.0585. The molecule has 5 nitrogen and oxygen atoms in total. The zero-order chi connectivity index (χ0) is 11.3. The Morgan fingerprint density at radius 3 is 2.24 bits per heavy atom. The summed E-state index contributed by atoms with van der Waals surface area (Å²) in [6.07, 6.45) is 0. The Hall–Kier alpha value is -1.37. The van der Waals surface area contributed by atoms with Gasteiger partial charge in [0.25, 0.3) is 0 Å². The SMILES string of the molecule is [B+2]c1ccc(C(=O)NCCN(C)C)cc1.[OH-].[OH-]. The molecule has 0 spiro atoms. The molecule has 0 unspecified atom stereocenters. The van der Waals surface area contributed by atoms with E-state index >= 15 is 0 Å². The van der Waals surface area contributed by atoms with Crippen molar-refractivity contribution in [2.24, 2.45) is 0 Å². The van der Waals surface area contributed by atoms with Crippen LogP contribution in [0.2, 0.25) is 0 Å². The van der Waals surface area contributed by atoms with E-state index in [0.717, 1.165) is 6.54 Å². The maximum absolute atomic E-state index is 11.6. The minimum absolute atomic E-state index is 0. The van der Waals surface area contributed by atoms with Crippen molar-refractivity contribution in [2.75, 3.05) is 27.2 Å². The second-order valence-corrected chi connectivity index (χ2v) is 3.68. The molecule has 92 valence electrons. The van der Waals surface area contributed by atoms with E-state index in [1.807, 2.05) is 19.0 Å². The Morgan fingerprint density at radius 1 is 1.24 bits per heavy atom. The molecule has 0 saturated heterocycles. The third-order valence-corrected chi connectivity index (χ3v) is 2.02. The van der Waals surface area contributed by atoms with Crippen molar-refractivity contribution in [1.82, 2.24) is 10.2 Å². The summed E-state index contributed by atoms with van der Waals surface area (Å²) >= 11 is 0. The van der Waals surface area contributed by atoms with Gasteiger partial charge < -0.3 is 11.0 Å². The van der Waals surface area contributed by atoms with Crippen LogP contribution in [-0.4, -0.2) is 56.8 Å². The van der Waals surface area contributed by atoms with E-state index in [9.17, 15) is 4.79 Å². The summed E-state index contributed by atoms with van der Waals surface area (Å²) in [4.78, 5) is 13.6. The second-order valence-electron chi connectivity index (χ2n) is 3.68. The zero-order valence-electron chi connectivity index (χ0n) is 10.1.